The third-order valence-corrected chi connectivity index (χ3v) is 2.19. The third-order valence-electron chi connectivity index (χ3n) is 2.19. The number of rotatable bonds is 8. The minimum absolute atomic E-state index is 0. The first-order valence-electron chi connectivity index (χ1n) is 5.68. The molecule has 0 aromatic rings. The SMILES string of the molecule is CN(CCOC(=O)CN)CC(=O)OC(C)(C)C(=O)O.[W]. The normalized spacial score (nSPS) is 10.7. The predicted octanol–water partition coefficient (Wildman–Crippen LogP) is -1.18. The molecule has 0 amide bonds. The summed E-state index contributed by atoms with van der Waals surface area (Å²) in [4.78, 5) is 34.5. The van der Waals surface area contributed by atoms with Gasteiger partial charge in [0.15, 0.2) is 0 Å². The van der Waals surface area contributed by atoms with Gasteiger partial charge in [-0.15, -0.1) is 0 Å². The zero-order valence-electron chi connectivity index (χ0n) is 11.7. The molecule has 0 saturated heterocycles. The maximum Gasteiger partial charge on any atom is 0.347 e. The fourth-order valence-corrected chi connectivity index (χ4v) is 1.03. The summed E-state index contributed by atoms with van der Waals surface area (Å²) in [6.45, 7) is 2.69. The van der Waals surface area contributed by atoms with Crippen LogP contribution in [0.1, 0.15) is 13.8 Å². The van der Waals surface area contributed by atoms with Crippen molar-refractivity contribution in [3.8, 4) is 0 Å². The molecule has 0 radical (unpaired) electrons. The number of nitrogens with two attached hydrogens (primary N) is 1. The second kappa shape index (κ2) is 9.85. The second-order valence-corrected chi connectivity index (χ2v) is 4.45. The molecule has 0 aliphatic heterocycles. The van der Waals surface area contributed by atoms with Crippen LogP contribution < -0.4 is 5.73 Å². The van der Waals surface area contributed by atoms with Crippen molar-refractivity contribution in [2.75, 3.05) is 33.3 Å². The minimum atomic E-state index is -1.57. The summed E-state index contributed by atoms with van der Waals surface area (Å²) in [6.07, 6.45) is 0. The van der Waals surface area contributed by atoms with Crippen LogP contribution >= 0.6 is 0 Å². The van der Waals surface area contributed by atoms with E-state index in [0.29, 0.717) is 6.54 Å². The van der Waals surface area contributed by atoms with E-state index >= 15 is 0 Å². The van der Waals surface area contributed by atoms with Gasteiger partial charge in [-0.25, -0.2) is 4.79 Å². The fourth-order valence-electron chi connectivity index (χ4n) is 1.03. The van der Waals surface area contributed by atoms with Crippen LogP contribution in [-0.4, -0.2) is 66.8 Å². The topological polar surface area (TPSA) is 119 Å². The van der Waals surface area contributed by atoms with Gasteiger partial charge in [0, 0.05) is 27.6 Å². The molecule has 0 fully saturated rings. The number of aliphatic carboxylic acids is 1. The van der Waals surface area contributed by atoms with E-state index in [4.69, 9.17) is 20.3 Å². The Balaban J connectivity index is 0. The zero-order valence-corrected chi connectivity index (χ0v) is 14.7. The van der Waals surface area contributed by atoms with Crippen LogP contribution in [0.3, 0.4) is 0 Å². The van der Waals surface area contributed by atoms with E-state index in [-0.39, 0.29) is 40.8 Å². The van der Waals surface area contributed by atoms with Crippen LogP contribution in [0.5, 0.6) is 0 Å². The summed E-state index contributed by atoms with van der Waals surface area (Å²) >= 11 is 0. The van der Waals surface area contributed by atoms with E-state index in [0.717, 1.165) is 0 Å². The number of hydrogen-bond acceptors (Lipinski definition) is 7. The van der Waals surface area contributed by atoms with E-state index in [1.807, 2.05) is 0 Å². The number of hydrogen-bond donors (Lipinski definition) is 2. The van der Waals surface area contributed by atoms with Gasteiger partial charge >= 0.3 is 17.9 Å². The summed E-state index contributed by atoms with van der Waals surface area (Å²) < 4.78 is 9.54. The standard InChI is InChI=1S/C11H20N2O6.W/c1-11(2,10(16)17)19-9(15)7-13(3)4-5-18-8(14)6-12;/h4-7,12H2,1-3H3,(H,16,17);. The maximum absolute atomic E-state index is 11.5. The summed E-state index contributed by atoms with van der Waals surface area (Å²) in [5.74, 6) is -2.41. The van der Waals surface area contributed by atoms with Crippen LogP contribution in [0.4, 0.5) is 0 Å². The molecule has 20 heavy (non-hydrogen) atoms. The molecular formula is C11H20N2O6W. The molecule has 0 rings (SSSR count). The predicted molar refractivity (Wildman–Crippen MR) is 65.3 cm³/mol. The summed E-state index contributed by atoms with van der Waals surface area (Å²) in [5, 5.41) is 8.79. The van der Waals surface area contributed by atoms with Crippen molar-refractivity contribution in [2.24, 2.45) is 5.73 Å². The monoisotopic (exact) mass is 460 g/mol. The van der Waals surface area contributed by atoms with E-state index in [9.17, 15) is 14.4 Å². The van der Waals surface area contributed by atoms with Crippen molar-refractivity contribution >= 4 is 17.9 Å². The van der Waals surface area contributed by atoms with Gasteiger partial charge < -0.3 is 20.3 Å². The molecule has 0 spiro atoms. The molecule has 0 aliphatic carbocycles. The number of carboxylic acids is 1. The number of likely N-dealkylation sites (N-methyl/N-ethyl adjacent to an activating group) is 1. The molecule has 0 saturated carbocycles. The van der Waals surface area contributed by atoms with Gasteiger partial charge in [-0.3, -0.25) is 14.5 Å². The maximum atomic E-state index is 11.5. The fraction of sp³-hybridized carbons (Fsp3) is 0.727. The van der Waals surface area contributed by atoms with Gasteiger partial charge in [-0.2, -0.15) is 0 Å². The number of esters is 2. The number of carbonyl (C=O) groups is 3. The Kier molecular flexibility index (Phi) is 10.5. The first-order valence-corrected chi connectivity index (χ1v) is 5.68. The zero-order chi connectivity index (χ0) is 15.1. The molecule has 0 aliphatic rings. The van der Waals surface area contributed by atoms with Crippen molar-refractivity contribution in [3.05, 3.63) is 0 Å². The number of nitrogens with zero attached hydrogens (tertiary/aromatic N) is 1. The van der Waals surface area contributed by atoms with Gasteiger partial charge in [-0.1, -0.05) is 0 Å². The van der Waals surface area contributed by atoms with E-state index in [1.165, 1.54) is 13.8 Å². The molecule has 0 aromatic heterocycles. The molecule has 0 heterocycles. The molecule has 3 N–H and O–H groups in total. The first kappa shape index (κ1) is 21.3. The van der Waals surface area contributed by atoms with Crippen molar-refractivity contribution < 1.29 is 50.0 Å². The number of carboxylic acid groups (broad SMARTS) is 1. The smallest absolute Gasteiger partial charge is 0.347 e. The largest absolute Gasteiger partial charge is 0.478 e. The van der Waals surface area contributed by atoms with Crippen molar-refractivity contribution in [1.82, 2.24) is 4.90 Å². The van der Waals surface area contributed by atoms with Crippen molar-refractivity contribution in [2.45, 2.75) is 19.4 Å². The first-order chi connectivity index (χ1) is 8.69. The van der Waals surface area contributed by atoms with E-state index in [1.54, 1.807) is 11.9 Å². The van der Waals surface area contributed by atoms with Crippen LogP contribution in [0.25, 0.3) is 0 Å². The van der Waals surface area contributed by atoms with Crippen molar-refractivity contribution in [1.29, 1.82) is 0 Å². The Morgan fingerprint density at radius 1 is 1.25 bits per heavy atom. The Morgan fingerprint density at radius 2 is 1.80 bits per heavy atom. The molecule has 0 bridgehead atoms. The van der Waals surface area contributed by atoms with Crippen molar-refractivity contribution in [3.63, 3.8) is 0 Å². The Bertz CT molecular complexity index is 348. The van der Waals surface area contributed by atoms with Gasteiger partial charge in [-0.05, 0) is 20.9 Å². The van der Waals surface area contributed by atoms with Crippen LogP contribution in [0.2, 0.25) is 0 Å². The number of carbonyl (C=O) groups excluding carboxylic acids is 2. The summed E-state index contributed by atoms with van der Waals surface area (Å²) in [6, 6.07) is 0. The average Bonchev–Trinajstić information content (AvgIpc) is 2.27. The second-order valence-electron chi connectivity index (χ2n) is 4.45. The van der Waals surface area contributed by atoms with Crippen LogP contribution in [0, 0.1) is 0 Å². The third kappa shape index (κ3) is 9.01. The van der Waals surface area contributed by atoms with Gasteiger partial charge in [0.05, 0.1) is 13.1 Å². The average molecular weight is 460 g/mol. The molecule has 116 valence electrons. The van der Waals surface area contributed by atoms with Gasteiger partial charge in [0.2, 0.25) is 5.60 Å². The summed E-state index contributed by atoms with van der Waals surface area (Å²) in [7, 11) is 1.62. The van der Waals surface area contributed by atoms with Gasteiger partial charge in [0.25, 0.3) is 0 Å². The molecule has 0 atom stereocenters. The molecule has 8 nitrogen and oxygen atoms in total. The van der Waals surface area contributed by atoms with Gasteiger partial charge in [0.1, 0.15) is 6.61 Å². The number of ether oxygens (including phenoxy) is 2. The molecule has 0 unspecified atom stereocenters. The molecular weight excluding hydrogens is 440 g/mol. The minimum Gasteiger partial charge on any atom is -0.478 e. The van der Waals surface area contributed by atoms with Crippen LogP contribution in [-0.2, 0) is 44.9 Å². The van der Waals surface area contributed by atoms with E-state index < -0.39 is 23.5 Å². The summed E-state index contributed by atoms with van der Waals surface area (Å²) in [5.41, 5.74) is 3.48. The molecule has 0 aromatic carbocycles. The quantitative estimate of drug-likeness (QED) is 0.435. The van der Waals surface area contributed by atoms with Crippen LogP contribution in [0.15, 0.2) is 0 Å². The molecule has 9 heteroatoms. The Morgan fingerprint density at radius 3 is 2.25 bits per heavy atom. The Hall–Kier alpha value is -0.982. The van der Waals surface area contributed by atoms with E-state index in [2.05, 4.69) is 0 Å². The Labute approximate surface area is 131 Å².